The van der Waals surface area contributed by atoms with Crippen molar-refractivity contribution in [2.24, 2.45) is 0 Å². The van der Waals surface area contributed by atoms with Crippen LogP contribution in [0.2, 0.25) is 0 Å². The molecular formula is C11H20N2O2S. The number of ether oxygens (including phenoxy) is 1. The van der Waals surface area contributed by atoms with Crippen molar-refractivity contribution in [1.29, 1.82) is 0 Å². The number of amides is 1. The first-order valence-electron chi connectivity index (χ1n) is 5.66. The quantitative estimate of drug-likeness (QED) is 0.693. The standard InChI is InChI=1S/C11H20N2O2S/c1-11(2,3)15-10(14)13-8-6-4-5-7-12-9(8)16/h8H,4-7H2,1-3H3,(H,12,16)(H,13,14)/t8-/m1/s1. The Labute approximate surface area is 102 Å². The van der Waals surface area contributed by atoms with Gasteiger partial charge in [-0.2, -0.15) is 0 Å². The van der Waals surface area contributed by atoms with Gasteiger partial charge >= 0.3 is 6.09 Å². The van der Waals surface area contributed by atoms with Crippen LogP contribution in [0.5, 0.6) is 0 Å². The number of thiocarbonyl (C=S) groups is 1. The zero-order valence-corrected chi connectivity index (χ0v) is 10.9. The molecule has 1 amide bonds. The molecule has 4 nitrogen and oxygen atoms in total. The molecule has 16 heavy (non-hydrogen) atoms. The van der Waals surface area contributed by atoms with E-state index in [-0.39, 0.29) is 6.04 Å². The van der Waals surface area contributed by atoms with Gasteiger partial charge < -0.3 is 15.4 Å². The van der Waals surface area contributed by atoms with E-state index in [1.165, 1.54) is 0 Å². The molecule has 1 aliphatic rings. The molecule has 1 aliphatic heterocycles. The summed E-state index contributed by atoms with van der Waals surface area (Å²) >= 11 is 5.19. The fraction of sp³-hybridized carbons (Fsp3) is 0.818. The van der Waals surface area contributed by atoms with Crippen LogP contribution in [0.4, 0.5) is 4.79 Å². The molecule has 1 heterocycles. The van der Waals surface area contributed by atoms with Crippen LogP contribution in [0.15, 0.2) is 0 Å². The predicted molar refractivity (Wildman–Crippen MR) is 67.6 cm³/mol. The van der Waals surface area contributed by atoms with Gasteiger partial charge in [-0.15, -0.1) is 0 Å². The first kappa shape index (κ1) is 13.2. The fourth-order valence-corrected chi connectivity index (χ4v) is 1.81. The maximum atomic E-state index is 11.6. The number of hydrogen-bond donors (Lipinski definition) is 2. The van der Waals surface area contributed by atoms with Gasteiger partial charge in [0.25, 0.3) is 0 Å². The summed E-state index contributed by atoms with van der Waals surface area (Å²) < 4.78 is 5.19. The van der Waals surface area contributed by atoms with Gasteiger partial charge in [0.2, 0.25) is 0 Å². The number of alkyl carbamates (subject to hydrolysis) is 1. The van der Waals surface area contributed by atoms with Crippen LogP contribution < -0.4 is 10.6 Å². The summed E-state index contributed by atoms with van der Waals surface area (Å²) in [6.07, 6.45) is 2.63. The molecule has 1 atom stereocenters. The molecule has 0 unspecified atom stereocenters. The summed E-state index contributed by atoms with van der Waals surface area (Å²) in [5, 5.41) is 5.92. The normalized spacial score (nSPS) is 21.9. The lowest BCUT2D eigenvalue weighted by Crippen LogP contribution is -2.46. The van der Waals surface area contributed by atoms with E-state index in [0.717, 1.165) is 25.8 Å². The third-order valence-electron chi connectivity index (χ3n) is 2.23. The highest BCUT2D eigenvalue weighted by molar-refractivity contribution is 7.80. The lowest BCUT2D eigenvalue weighted by atomic mass is 10.1. The highest BCUT2D eigenvalue weighted by atomic mass is 32.1. The van der Waals surface area contributed by atoms with Crippen molar-refractivity contribution in [2.75, 3.05) is 6.54 Å². The summed E-state index contributed by atoms with van der Waals surface area (Å²) in [6.45, 7) is 6.42. The van der Waals surface area contributed by atoms with Gasteiger partial charge in [-0.1, -0.05) is 12.2 Å². The zero-order valence-electron chi connectivity index (χ0n) is 10.1. The maximum Gasteiger partial charge on any atom is 0.408 e. The molecule has 0 saturated carbocycles. The Morgan fingerprint density at radius 1 is 1.50 bits per heavy atom. The molecule has 1 saturated heterocycles. The number of nitrogens with one attached hydrogen (secondary N) is 2. The minimum absolute atomic E-state index is 0.0904. The molecule has 1 rings (SSSR count). The number of hydrogen-bond acceptors (Lipinski definition) is 3. The molecule has 0 aliphatic carbocycles. The second-order valence-electron chi connectivity index (χ2n) is 4.99. The average Bonchev–Trinajstić information content (AvgIpc) is 2.29. The van der Waals surface area contributed by atoms with E-state index in [2.05, 4.69) is 10.6 Å². The van der Waals surface area contributed by atoms with Gasteiger partial charge in [0.1, 0.15) is 5.60 Å². The predicted octanol–water partition coefficient (Wildman–Crippen LogP) is 1.98. The molecule has 1 fully saturated rings. The number of rotatable bonds is 1. The molecule has 2 N–H and O–H groups in total. The molecule has 0 aromatic heterocycles. The van der Waals surface area contributed by atoms with Crippen molar-refractivity contribution in [3.8, 4) is 0 Å². The fourth-order valence-electron chi connectivity index (χ4n) is 1.53. The van der Waals surface area contributed by atoms with Crippen LogP contribution in [-0.2, 0) is 4.74 Å². The van der Waals surface area contributed by atoms with Crippen LogP contribution in [0, 0.1) is 0 Å². The second kappa shape index (κ2) is 5.48. The van der Waals surface area contributed by atoms with Crippen LogP contribution in [0.25, 0.3) is 0 Å². The first-order valence-corrected chi connectivity index (χ1v) is 6.06. The van der Waals surface area contributed by atoms with E-state index in [0.29, 0.717) is 4.99 Å². The minimum atomic E-state index is -0.468. The molecule has 0 aromatic carbocycles. The number of carbonyl (C=O) groups excluding carboxylic acids is 1. The third kappa shape index (κ3) is 4.79. The van der Waals surface area contributed by atoms with Crippen LogP contribution in [-0.4, -0.2) is 29.3 Å². The molecule has 0 bridgehead atoms. The Hall–Kier alpha value is -0.840. The molecule has 5 heteroatoms. The summed E-state index contributed by atoms with van der Waals surface area (Å²) in [6, 6.07) is -0.0904. The summed E-state index contributed by atoms with van der Waals surface area (Å²) in [7, 11) is 0. The smallest absolute Gasteiger partial charge is 0.408 e. The SMILES string of the molecule is CC(C)(C)OC(=O)N[C@@H]1CCCCNC1=S. The third-order valence-corrected chi connectivity index (χ3v) is 2.66. The Kier molecular flexibility index (Phi) is 4.53. The molecule has 92 valence electrons. The summed E-state index contributed by atoms with van der Waals surface area (Å²) in [5.41, 5.74) is -0.468. The van der Waals surface area contributed by atoms with Crippen molar-refractivity contribution in [3.05, 3.63) is 0 Å². The monoisotopic (exact) mass is 244 g/mol. The zero-order chi connectivity index (χ0) is 12.2. The van der Waals surface area contributed by atoms with E-state index in [1.54, 1.807) is 0 Å². The largest absolute Gasteiger partial charge is 0.444 e. The topological polar surface area (TPSA) is 50.4 Å². The van der Waals surface area contributed by atoms with E-state index in [9.17, 15) is 4.79 Å². The van der Waals surface area contributed by atoms with Crippen molar-refractivity contribution >= 4 is 23.3 Å². The Bertz CT molecular complexity index is 274. The molecular weight excluding hydrogens is 224 g/mol. The maximum absolute atomic E-state index is 11.6. The Morgan fingerprint density at radius 3 is 2.81 bits per heavy atom. The highest BCUT2D eigenvalue weighted by Gasteiger charge is 2.22. The lowest BCUT2D eigenvalue weighted by molar-refractivity contribution is 0.0516. The van der Waals surface area contributed by atoms with Crippen LogP contribution in [0.3, 0.4) is 0 Å². The van der Waals surface area contributed by atoms with Gasteiger partial charge in [0.05, 0.1) is 11.0 Å². The first-order chi connectivity index (χ1) is 7.38. The van der Waals surface area contributed by atoms with Crippen molar-refractivity contribution < 1.29 is 9.53 Å². The van der Waals surface area contributed by atoms with Crippen LogP contribution in [0.1, 0.15) is 40.0 Å². The van der Waals surface area contributed by atoms with Gasteiger partial charge in [-0.25, -0.2) is 4.79 Å². The minimum Gasteiger partial charge on any atom is -0.444 e. The van der Waals surface area contributed by atoms with Crippen molar-refractivity contribution in [1.82, 2.24) is 10.6 Å². The van der Waals surface area contributed by atoms with Crippen molar-refractivity contribution in [3.63, 3.8) is 0 Å². The Balaban J connectivity index is 2.45. The van der Waals surface area contributed by atoms with Gasteiger partial charge in [0, 0.05) is 6.54 Å². The molecule has 0 radical (unpaired) electrons. The van der Waals surface area contributed by atoms with Crippen molar-refractivity contribution in [2.45, 2.75) is 51.7 Å². The van der Waals surface area contributed by atoms with Gasteiger partial charge in [-0.3, -0.25) is 0 Å². The summed E-state index contributed by atoms with van der Waals surface area (Å²) in [5.74, 6) is 0. The lowest BCUT2D eigenvalue weighted by Gasteiger charge is -2.23. The second-order valence-corrected chi connectivity index (χ2v) is 5.43. The molecule has 0 aromatic rings. The van der Waals surface area contributed by atoms with E-state index in [1.807, 2.05) is 20.8 Å². The average molecular weight is 244 g/mol. The van der Waals surface area contributed by atoms with Gasteiger partial charge in [-0.05, 0) is 40.0 Å². The molecule has 0 spiro atoms. The summed E-state index contributed by atoms with van der Waals surface area (Å²) in [4.78, 5) is 12.3. The van der Waals surface area contributed by atoms with Crippen LogP contribution >= 0.6 is 12.2 Å². The van der Waals surface area contributed by atoms with E-state index >= 15 is 0 Å². The van der Waals surface area contributed by atoms with E-state index < -0.39 is 11.7 Å². The Morgan fingerprint density at radius 2 is 2.19 bits per heavy atom. The number of carbonyl (C=O) groups is 1. The van der Waals surface area contributed by atoms with E-state index in [4.69, 9.17) is 17.0 Å². The highest BCUT2D eigenvalue weighted by Crippen LogP contribution is 2.10. The van der Waals surface area contributed by atoms with Gasteiger partial charge in [0.15, 0.2) is 0 Å².